The van der Waals surface area contributed by atoms with Crippen LogP contribution in [-0.4, -0.2) is 6.29 Å². The van der Waals surface area contributed by atoms with Crippen molar-refractivity contribution < 1.29 is 4.79 Å². The molecule has 0 aliphatic carbocycles. The van der Waals surface area contributed by atoms with Crippen molar-refractivity contribution in [2.45, 2.75) is 19.6 Å². The first-order valence-corrected chi connectivity index (χ1v) is 18.2. The third-order valence-electron chi connectivity index (χ3n) is 9.12. The molecule has 0 fully saturated rings. The van der Waals surface area contributed by atoms with Crippen LogP contribution in [0.4, 0.5) is 34.1 Å². The Morgan fingerprint density at radius 3 is 1.10 bits per heavy atom. The Morgan fingerprint density at radius 1 is 0.400 bits per heavy atom. The molecule has 3 nitrogen and oxygen atoms in total. The Kier molecular flexibility index (Phi) is 7.84. The van der Waals surface area contributed by atoms with Gasteiger partial charge in [-0.25, -0.2) is 0 Å². The van der Waals surface area contributed by atoms with Gasteiger partial charge in [0.05, 0.1) is 22.7 Å². The first-order valence-electron chi connectivity index (χ1n) is 16.5. The van der Waals surface area contributed by atoms with Crippen molar-refractivity contribution in [1.82, 2.24) is 0 Å². The van der Waals surface area contributed by atoms with E-state index in [2.05, 4.69) is 161 Å². The van der Waals surface area contributed by atoms with Crippen LogP contribution in [0.2, 0.25) is 0 Å². The number of nitrogens with zero attached hydrogens (tertiary/aromatic N) is 2. The van der Waals surface area contributed by atoms with Crippen LogP contribution in [0.3, 0.4) is 0 Å². The molecular weight excluding hydrogens is 649 g/mol. The summed E-state index contributed by atoms with van der Waals surface area (Å²) in [4.78, 5) is 21.1. The van der Waals surface area contributed by atoms with Gasteiger partial charge < -0.3 is 9.80 Å². The number of carbonyl (C=O) groups is 1. The molecule has 7 aromatic carbocycles. The van der Waals surface area contributed by atoms with Crippen LogP contribution in [0.15, 0.2) is 189 Å². The summed E-state index contributed by atoms with van der Waals surface area (Å²) in [5, 5.41) is 0. The van der Waals surface area contributed by atoms with Crippen molar-refractivity contribution in [2.24, 2.45) is 0 Å². The number of para-hydroxylation sites is 4. The zero-order valence-electron chi connectivity index (χ0n) is 26.9. The van der Waals surface area contributed by atoms with Gasteiger partial charge in [-0.1, -0.05) is 121 Å². The molecule has 9 rings (SSSR count). The van der Waals surface area contributed by atoms with Crippen LogP contribution in [-0.2, 0) is 0 Å². The van der Waals surface area contributed by atoms with Crippen LogP contribution >= 0.6 is 23.5 Å². The first kappa shape index (κ1) is 30.3. The van der Waals surface area contributed by atoms with Gasteiger partial charge in [-0.05, 0) is 101 Å². The Hall–Kier alpha value is -5.75. The van der Waals surface area contributed by atoms with Gasteiger partial charge in [-0.3, -0.25) is 4.79 Å². The number of hydrogen-bond acceptors (Lipinski definition) is 5. The highest BCUT2D eigenvalue weighted by atomic mass is 32.2. The second-order valence-corrected chi connectivity index (χ2v) is 14.3. The average Bonchev–Trinajstić information content (AvgIpc) is 3.18. The Morgan fingerprint density at radius 2 is 0.740 bits per heavy atom. The molecule has 0 N–H and O–H groups in total. The molecule has 0 saturated heterocycles. The molecule has 0 unspecified atom stereocenters. The van der Waals surface area contributed by atoms with Gasteiger partial charge in [0.1, 0.15) is 6.29 Å². The highest BCUT2D eigenvalue weighted by Gasteiger charge is 2.26. The number of rotatable bonds is 6. The van der Waals surface area contributed by atoms with E-state index in [0.29, 0.717) is 5.56 Å². The third kappa shape index (κ3) is 5.51. The smallest absolute Gasteiger partial charge is 0.150 e. The van der Waals surface area contributed by atoms with E-state index in [1.54, 1.807) is 0 Å². The summed E-state index contributed by atoms with van der Waals surface area (Å²) in [5.74, 6) is 0. The highest BCUT2D eigenvalue weighted by Crippen LogP contribution is 2.52. The van der Waals surface area contributed by atoms with Crippen molar-refractivity contribution in [3.05, 3.63) is 192 Å². The number of aldehydes is 1. The fourth-order valence-corrected chi connectivity index (χ4v) is 8.83. The molecular formula is C45H30N2OS2. The quantitative estimate of drug-likeness (QED) is 0.129. The molecule has 238 valence electrons. The third-order valence-corrected chi connectivity index (χ3v) is 11.4. The fourth-order valence-electron chi connectivity index (χ4n) is 6.72. The maximum atomic E-state index is 11.4. The predicted molar refractivity (Wildman–Crippen MR) is 209 cm³/mol. The first-order chi connectivity index (χ1) is 24.7. The van der Waals surface area contributed by atoms with Crippen molar-refractivity contribution >= 4 is 75.6 Å². The van der Waals surface area contributed by atoms with Crippen LogP contribution in [0, 0.1) is 0 Å². The topological polar surface area (TPSA) is 23.6 Å². The van der Waals surface area contributed by atoms with E-state index in [-0.39, 0.29) is 0 Å². The summed E-state index contributed by atoms with van der Waals surface area (Å²) in [6.45, 7) is 0. The second-order valence-electron chi connectivity index (χ2n) is 12.2. The summed E-state index contributed by atoms with van der Waals surface area (Å²) >= 11 is 3.63. The number of hydrogen-bond donors (Lipinski definition) is 0. The van der Waals surface area contributed by atoms with Crippen molar-refractivity contribution in [1.29, 1.82) is 0 Å². The average molecular weight is 679 g/mol. The number of carbonyl (C=O) groups excluding carboxylic acids is 1. The summed E-state index contributed by atoms with van der Waals surface area (Å²) in [5.41, 5.74) is 12.0. The maximum absolute atomic E-state index is 11.4. The summed E-state index contributed by atoms with van der Waals surface area (Å²) < 4.78 is 0. The predicted octanol–water partition coefficient (Wildman–Crippen LogP) is 13.0. The largest absolute Gasteiger partial charge is 0.308 e. The molecule has 2 aliphatic heterocycles. The van der Waals surface area contributed by atoms with Gasteiger partial charge in [-0.15, -0.1) is 0 Å². The van der Waals surface area contributed by atoms with E-state index >= 15 is 0 Å². The number of anilines is 6. The lowest BCUT2D eigenvalue weighted by atomic mass is 9.94. The fraction of sp³-hybridized carbons (Fsp3) is 0. The Balaban J connectivity index is 1.12. The van der Waals surface area contributed by atoms with E-state index in [1.165, 1.54) is 42.3 Å². The summed E-state index contributed by atoms with van der Waals surface area (Å²) in [6.07, 6.45) is 3.10. The van der Waals surface area contributed by atoms with Crippen LogP contribution < -0.4 is 9.80 Å². The molecule has 7 aromatic rings. The monoisotopic (exact) mass is 678 g/mol. The molecule has 0 aromatic heterocycles. The molecule has 0 saturated carbocycles. The van der Waals surface area contributed by atoms with Gasteiger partial charge in [0.25, 0.3) is 0 Å². The molecule has 5 heteroatoms. The van der Waals surface area contributed by atoms with Crippen LogP contribution in [0.25, 0.3) is 11.6 Å². The zero-order chi connectivity index (χ0) is 33.4. The SMILES string of the molecule is O=Cc1ccc(C=C(c2ccc(N3c4ccccc4Sc4ccccc43)cc2)c2ccc(N3c4ccccc4Sc4ccccc43)cc2)cc1. The van der Waals surface area contributed by atoms with Gasteiger partial charge in [-0.2, -0.15) is 0 Å². The Labute approximate surface area is 300 Å². The molecule has 0 radical (unpaired) electrons. The van der Waals surface area contributed by atoms with E-state index < -0.39 is 0 Å². The normalized spacial score (nSPS) is 12.6. The van der Waals surface area contributed by atoms with Gasteiger partial charge >= 0.3 is 0 Å². The molecule has 2 heterocycles. The molecule has 50 heavy (non-hydrogen) atoms. The lowest BCUT2D eigenvalue weighted by molar-refractivity contribution is 0.112. The maximum Gasteiger partial charge on any atom is 0.150 e. The van der Waals surface area contributed by atoms with E-state index in [9.17, 15) is 4.79 Å². The van der Waals surface area contributed by atoms with Crippen molar-refractivity contribution in [3.8, 4) is 0 Å². The molecule has 0 bridgehead atoms. The summed E-state index contributed by atoms with van der Waals surface area (Å²) in [7, 11) is 0. The number of fused-ring (bicyclic) bond motifs is 4. The van der Waals surface area contributed by atoms with Crippen molar-refractivity contribution in [2.75, 3.05) is 9.80 Å². The van der Waals surface area contributed by atoms with Crippen LogP contribution in [0.1, 0.15) is 27.0 Å². The molecule has 0 spiro atoms. The van der Waals surface area contributed by atoms with E-state index in [4.69, 9.17) is 0 Å². The molecule has 2 aliphatic rings. The van der Waals surface area contributed by atoms with E-state index in [1.807, 2.05) is 47.8 Å². The minimum atomic E-state index is 0.665. The van der Waals surface area contributed by atoms with Gasteiger partial charge in [0.2, 0.25) is 0 Å². The van der Waals surface area contributed by atoms with Crippen molar-refractivity contribution in [3.63, 3.8) is 0 Å². The Bertz CT molecular complexity index is 2170. The number of benzene rings is 7. The lowest BCUT2D eigenvalue weighted by Gasteiger charge is -2.33. The van der Waals surface area contributed by atoms with Crippen LogP contribution in [0.5, 0.6) is 0 Å². The van der Waals surface area contributed by atoms with Gasteiger partial charge in [0.15, 0.2) is 0 Å². The minimum Gasteiger partial charge on any atom is -0.308 e. The second kappa shape index (κ2) is 12.9. The lowest BCUT2D eigenvalue weighted by Crippen LogP contribution is -2.14. The zero-order valence-corrected chi connectivity index (χ0v) is 28.6. The summed E-state index contributed by atoms with van der Waals surface area (Å²) in [6, 6.07) is 59.9. The highest BCUT2D eigenvalue weighted by molar-refractivity contribution is 8.00. The molecule has 0 atom stereocenters. The standard InChI is InChI=1S/C45H30N2OS2/c48-30-32-19-17-31(18-20-32)29-37(33-21-25-35(26-22-33)46-38-9-1-5-13-42(38)49-43-14-6-2-10-39(43)46)34-23-27-36(28-24-34)47-40-11-3-7-15-44(40)50-45-16-8-4-12-41(45)47/h1-30H. The molecule has 0 amide bonds. The minimum absolute atomic E-state index is 0.665. The van der Waals surface area contributed by atoms with E-state index in [0.717, 1.165) is 39.9 Å². The van der Waals surface area contributed by atoms with Gasteiger partial charge in [0, 0.05) is 36.5 Å².